The van der Waals surface area contributed by atoms with Gasteiger partial charge in [-0.1, -0.05) is 105 Å². The number of benzene rings is 4. The van der Waals surface area contributed by atoms with E-state index in [4.69, 9.17) is 0 Å². The van der Waals surface area contributed by atoms with Crippen LogP contribution in [-0.2, 0) is 0 Å². The van der Waals surface area contributed by atoms with Crippen molar-refractivity contribution in [3.05, 3.63) is 109 Å². The van der Waals surface area contributed by atoms with Gasteiger partial charge in [0.15, 0.2) is 0 Å². The van der Waals surface area contributed by atoms with E-state index in [1.165, 1.54) is 21.5 Å². The minimum atomic E-state index is 1.07. The fourth-order valence-corrected chi connectivity index (χ4v) is 4.08. The molecule has 4 rings (SSSR count). The first kappa shape index (κ1) is 17.8. The van der Waals surface area contributed by atoms with Gasteiger partial charge < -0.3 is 0 Å². The highest BCUT2D eigenvalue weighted by Gasteiger charge is 2.15. The molecule has 0 amide bonds. The van der Waals surface area contributed by atoms with E-state index in [-0.39, 0.29) is 0 Å². The van der Waals surface area contributed by atoms with E-state index in [2.05, 4.69) is 87.0 Å². The van der Waals surface area contributed by atoms with E-state index >= 15 is 0 Å². The summed E-state index contributed by atoms with van der Waals surface area (Å²) in [4.78, 5) is 0. The van der Waals surface area contributed by atoms with Crippen molar-refractivity contribution >= 4 is 45.8 Å². The van der Waals surface area contributed by atoms with E-state index in [1.807, 2.05) is 24.3 Å². The average Bonchev–Trinajstić information content (AvgIpc) is 2.76. The summed E-state index contributed by atoms with van der Waals surface area (Å²) in [6, 6.07) is 21.4. The quantitative estimate of drug-likeness (QED) is 0.315. The van der Waals surface area contributed by atoms with Crippen LogP contribution in [0.1, 0.15) is 22.3 Å². The molecule has 4 aromatic rings. The normalized spacial score (nSPS) is 10.7. The first-order chi connectivity index (χ1) is 13.7. The van der Waals surface area contributed by atoms with Crippen molar-refractivity contribution in [3.8, 4) is 11.1 Å². The van der Waals surface area contributed by atoms with Gasteiger partial charge in [-0.05, 0) is 61.0 Å². The first-order valence-electron chi connectivity index (χ1n) is 9.35. The van der Waals surface area contributed by atoms with Gasteiger partial charge in [0.1, 0.15) is 0 Å². The molecule has 134 valence electrons. The summed E-state index contributed by atoms with van der Waals surface area (Å²) in [7, 11) is 0. The van der Waals surface area contributed by atoms with Crippen LogP contribution >= 0.6 is 0 Å². The number of rotatable bonds is 5. The van der Waals surface area contributed by atoms with Crippen LogP contribution in [0.25, 0.3) is 57.0 Å². The molecule has 0 atom stereocenters. The Kier molecular flexibility index (Phi) is 4.55. The topological polar surface area (TPSA) is 0 Å². The monoisotopic (exact) mass is 358 g/mol. The summed E-state index contributed by atoms with van der Waals surface area (Å²) in [5.74, 6) is 0. The first-order valence-corrected chi connectivity index (χ1v) is 9.35. The van der Waals surface area contributed by atoms with Crippen LogP contribution in [0.3, 0.4) is 0 Å². The molecule has 0 spiro atoms. The number of fused-ring (bicyclic) bond motifs is 3. The van der Waals surface area contributed by atoms with Gasteiger partial charge in [-0.3, -0.25) is 0 Å². The van der Waals surface area contributed by atoms with E-state index in [1.54, 1.807) is 0 Å². The molecule has 0 bridgehead atoms. The molecule has 4 aromatic carbocycles. The second-order valence-electron chi connectivity index (χ2n) is 6.76. The van der Waals surface area contributed by atoms with Crippen LogP contribution in [0.15, 0.2) is 87.0 Å². The Morgan fingerprint density at radius 2 is 1.25 bits per heavy atom. The van der Waals surface area contributed by atoms with E-state index in [9.17, 15) is 0 Å². The van der Waals surface area contributed by atoms with E-state index in [0.717, 1.165) is 33.4 Å². The molecule has 28 heavy (non-hydrogen) atoms. The third kappa shape index (κ3) is 2.62. The predicted octanol–water partition coefficient (Wildman–Crippen LogP) is 8.23. The fourth-order valence-electron chi connectivity index (χ4n) is 4.08. The molecule has 0 heteroatoms. The molecular weight excluding hydrogens is 336 g/mol. The minimum absolute atomic E-state index is 1.07. The third-order valence-corrected chi connectivity index (χ3v) is 5.39. The zero-order chi connectivity index (χ0) is 19.7. The Labute approximate surface area is 166 Å². The van der Waals surface area contributed by atoms with Gasteiger partial charge in [0, 0.05) is 0 Å². The minimum Gasteiger partial charge on any atom is -0.0984 e. The molecule has 0 unspecified atom stereocenters. The van der Waals surface area contributed by atoms with E-state index < -0.39 is 0 Å². The highest BCUT2D eigenvalue weighted by molar-refractivity contribution is 6.13. The Morgan fingerprint density at radius 1 is 0.500 bits per heavy atom. The molecule has 0 saturated heterocycles. The Balaban J connectivity index is 2.22. The SMILES string of the molecule is C=Cc1cccc(-c2cc3c(ccc4ccccc43)c(C=C)c2C=C)c1C=C. The molecule has 0 heterocycles. The lowest BCUT2D eigenvalue weighted by Gasteiger charge is -2.18. The smallest absolute Gasteiger partial charge is 0.00928 e. The molecule has 0 saturated carbocycles. The fraction of sp³-hybridized carbons (Fsp3) is 0. The standard InChI is InChI=1S/C28H22/c1-5-19-13-11-15-25(21(19)6-2)27-18-28-24-14-10-9-12-20(24)16-17-26(28)22(7-3)23(27)8-4/h5-18H,1-4H2. The molecule has 0 N–H and O–H groups in total. The van der Waals surface area contributed by atoms with Crippen molar-refractivity contribution in [2.45, 2.75) is 0 Å². The van der Waals surface area contributed by atoms with Crippen molar-refractivity contribution < 1.29 is 0 Å². The Bertz CT molecular complexity index is 1270. The highest BCUT2D eigenvalue weighted by atomic mass is 14.2. The molecule has 0 aliphatic heterocycles. The van der Waals surface area contributed by atoms with Crippen molar-refractivity contribution in [1.82, 2.24) is 0 Å². The van der Waals surface area contributed by atoms with Crippen molar-refractivity contribution in [3.63, 3.8) is 0 Å². The largest absolute Gasteiger partial charge is 0.0984 e. The third-order valence-electron chi connectivity index (χ3n) is 5.39. The van der Waals surface area contributed by atoms with Gasteiger partial charge in [-0.15, -0.1) is 0 Å². The summed E-state index contributed by atoms with van der Waals surface area (Å²) in [6.45, 7) is 16.2. The second kappa shape index (κ2) is 7.17. The number of hydrogen-bond donors (Lipinski definition) is 0. The van der Waals surface area contributed by atoms with Crippen LogP contribution in [0, 0.1) is 0 Å². The van der Waals surface area contributed by atoms with Gasteiger partial charge in [0.05, 0.1) is 0 Å². The van der Waals surface area contributed by atoms with Gasteiger partial charge in [-0.2, -0.15) is 0 Å². The molecule has 0 fully saturated rings. The summed E-state index contributed by atoms with van der Waals surface area (Å²) < 4.78 is 0. The molecule has 0 nitrogen and oxygen atoms in total. The summed E-state index contributed by atoms with van der Waals surface area (Å²) in [6.07, 6.45) is 7.63. The van der Waals surface area contributed by atoms with E-state index in [0.29, 0.717) is 0 Å². The maximum Gasteiger partial charge on any atom is -0.00928 e. The van der Waals surface area contributed by atoms with Crippen molar-refractivity contribution in [2.24, 2.45) is 0 Å². The van der Waals surface area contributed by atoms with Gasteiger partial charge in [-0.25, -0.2) is 0 Å². The van der Waals surface area contributed by atoms with Gasteiger partial charge >= 0.3 is 0 Å². The van der Waals surface area contributed by atoms with Crippen LogP contribution in [0.2, 0.25) is 0 Å². The zero-order valence-corrected chi connectivity index (χ0v) is 15.9. The second-order valence-corrected chi connectivity index (χ2v) is 6.76. The lowest BCUT2D eigenvalue weighted by molar-refractivity contribution is 1.56. The predicted molar refractivity (Wildman–Crippen MR) is 127 cm³/mol. The van der Waals surface area contributed by atoms with Crippen molar-refractivity contribution in [1.29, 1.82) is 0 Å². The van der Waals surface area contributed by atoms with Crippen LogP contribution in [-0.4, -0.2) is 0 Å². The zero-order valence-electron chi connectivity index (χ0n) is 15.9. The molecule has 0 aliphatic carbocycles. The Hall–Kier alpha value is -3.64. The lowest BCUT2D eigenvalue weighted by Crippen LogP contribution is -1.94. The maximum atomic E-state index is 4.10. The molecule has 0 radical (unpaired) electrons. The van der Waals surface area contributed by atoms with Gasteiger partial charge in [0.25, 0.3) is 0 Å². The molecule has 0 aromatic heterocycles. The summed E-state index contributed by atoms with van der Waals surface area (Å²) in [5.41, 5.74) is 6.60. The van der Waals surface area contributed by atoms with Crippen LogP contribution < -0.4 is 0 Å². The average molecular weight is 358 g/mol. The van der Waals surface area contributed by atoms with Gasteiger partial charge in [0.2, 0.25) is 0 Å². The summed E-state index contributed by atoms with van der Waals surface area (Å²) >= 11 is 0. The van der Waals surface area contributed by atoms with Crippen molar-refractivity contribution in [2.75, 3.05) is 0 Å². The molecule has 0 aliphatic rings. The Morgan fingerprint density at radius 3 is 1.96 bits per heavy atom. The lowest BCUT2D eigenvalue weighted by atomic mass is 9.86. The van der Waals surface area contributed by atoms with Crippen LogP contribution in [0.5, 0.6) is 0 Å². The highest BCUT2D eigenvalue weighted by Crippen LogP contribution is 2.39. The summed E-state index contributed by atoms with van der Waals surface area (Å²) in [5, 5.41) is 4.87. The number of hydrogen-bond acceptors (Lipinski definition) is 0. The molecular formula is C28H22. The van der Waals surface area contributed by atoms with Crippen LogP contribution in [0.4, 0.5) is 0 Å². The maximum absolute atomic E-state index is 4.10.